The van der Waals surface area contributed by atoms with Gasteiger partial charge in [0, 0.05) is 12.6 Å². The zero-order chi connectivity index (χ0) is 11.8. The van der Waals surface area contributed by atoms with Gasteiger partial charge in [-0.1, -0.05) is 11.6 Å². The van der Waals surface area contributed by atoms with Crippen molar-refractivity contribution in [2.45, 2.75) is 31.7 Å². The molecule has 90 valence electrons. The molecule has 3 rings (SSSR count). The molecule has 0 aliphatic heterocycles. The number of halogens is 1. The minimum Gasteiger partial charge on any atom is -0.334 e. The summed E-state index contributed by atoms with van der Waals surface area (Å²) in [7, 11) is 0. The molecule has 1 amide bonds. The molecule has 0 aromatic carbocycles. The summed E-state index contributed by atoms with van der Waals surface area (Å²) in [5.41, 5.74) is 0.405. The summed E-state index contributed by atoms with van der Waals surface area (Å²) in [5.74, 6) is 0.711. The van der Waals surface area contributed by atoms with Gasteiger partial charge in [-0.05, 0) is 43.7 Å². The lowest BCUT2D eigenvalue weighted by Gasteiger charge is -2.21. The van der Waals surface area contributed by atoms with E-state index in [1.165, 1.54) is 12.8 Å². The third kappa shape index (κ3) is 2.57. The second-order valence-corrected chi connectivity index (χ2v) is 5.26. The summed E-state index contributed by atoms with van der Waals surface area (Å²) in [4.78, 5) is 14.2. The lowest BCUT2D eigenvalue weighted by molar-refractivity contribution is 0.0727. The maximum Gasteiger partial charge on any atom is 0.274 e. The van der Waals surface area contributed by atoms with Crippen molar-refractivity contribution in [2.75, 3.05) is 6.54 Å². The molecular weight excluding hydrogens is 238 g/mol. The van der Waals surface area contributed by atoms with Crippen LogP contribution in [0.15, 0.2) is 12.1 Å². The number of amides is 1. The molecule has 2 aliphatic carbocycles. The first-order valence-corrected chi connectivity index (χ1v) is 6.42. The predicted molar refractivity (Wildman–Crippen MR) is 63.8 cm³/mol. The van der Waals surface area contributed by atoms with E-state index in [1.54, 1.807) is 12.1 Å². The fraction of sp³-hybridized carbons (Fsp3) is 0.583. The minimum absolute atomic E-state index is 0.00330. The number of carbonyl (C=O) groups excluding carboxylic acids is 1. The summed E-state index contributed by atoms with van der Waals surface area (Å²) in [5, 5.41) is 7.91. The first-order valence-electron chi connectivity index (χ1n) is 6.04. The fourth-order valence-electron chi connectivity index (χ4n) is 1.94. The Labute approximate surface area is 105 Å². The number of hydrogen-bond donors (Lipinski definition) is 0. The van der Waals surface area contributed by atoms with E-state index in [9.17, 15) is 4.79 Å². The molecule has 2 saturated carbocycles. The van der Waals surface area contributed by atoms with Crippen molar-refractivity contribution in [3.63, 3.8) is 0 Å². The summed E-state index contributed by atoms with van der Waals surface area (Å²) in [6.07, 6.45) is 4.75. The van der Waals surface area contributed by atoms with Crippen LogP contribution in [0.5, 0.6) is 0 Å². The van der Waals surface area contributed by atoms with Gasteiger partial charge in [0.2, 0.25) is 0 Å². The van der Waals surface area contributed by atoms with Crippen molar-refractivity contribution >= 4 is 17.5 Å². The van der Waals surface area contributed by atoms with E-state index >= 15 is 0 Å². The Hall–Kier alpha value is -1.16. The van der Waals surface area contributed by atoms with E-state index in [2.05, 4.69) is 10.2 Å². The lowest BCUT2D eigenvalue weighted by Crippen LogP contribution is -2.35. The lowest BCUT2D eigenvalue weighted by atomic mass is 10.3. The highest BCUT2D eigenvalue weighted by Gasteiger charge is 2.37. The van der Waals surface area contributed by atoms with Gasteiger partial charge in [-0.3, -0.25) is 4.79 Å². The van der Waals surface area contributed by atoms with Crippen molar-refractivity contribution in [3.05, 3.63) is 23.0 Å². The highest BCUT2D eigenvalue weighted by molar-refractivity contribution is 6.29. The Morgan fingerprint density at radius 1 is 1.29 bits per heavy atom. The van der Waals surface area contributed by atoms with Crippen LogP contribution < -0.4 is 0 Å². The average Bonchev–Trinajstić information content (AvgIpc) is 3.18. The third-order valence-electron chi connectivity index (χ3n) is 3.25. The molecule has 1 aromatic heterocycles. The molecule has 0 unspecified atom stereocenters. The van der Waals surface area contributed by atoms with Crippen molar-refractivity contribution in [1.29, 1.82) is 0 Å². The summed E-state index contributed by atoms with van der Waals surface area (Å²) < 4.78 is 0. The summed E-state index contributed by atoms with van der Waals surface area (Å²) in [6, 6.07) is 3.70. The number of rotatable bonds is 4. The molecule has 0 bridgehead atoms. The molecule has 0 spiro atoms. The van der Waals surface area contributed by atoms with Crippen molar-refractivity contribution < 1.29 is 4.79 Å². The highest BCUT2D eigenvalue weighted by Crippen LogP contribution is 2.35. The van der Waals surface area contributed by atoms with Crippen molar-refractivity contribution in [2.24, 2.45) is 5.92 Å². The van der Waals surface area contributed by atoms with E-state index < -0.39 is 0 Å². The van der Waals surface area contributed by atoms with Crippen LogP contribution in [-0.2, 0) is 0 Å². The fourth-order valence-corrected chi connectivity index (χ4v) is 2.04. The number of aromatic nitrogens is 2. The van der Waals surface area contributed by atoms with Crippen LogP contribution in [0, 0.1) is 5.92 Å². The van der Waals surface area contributed by atoms with Gasteiger partial charge >= 0.3 is 0 Å². The van der Waals surface area contributed by atoms with Gasteiger partial charge < -0.3 is 4.90 Å². The monoisotopic (exact) mass is 251 g/mol. The Morgan fingerprint density at radius 2 is 2.06 bits per heavy atom. The normalized spacial score (nSPS) is 19.1. The molecular formula is C12H14ClN3O. The Morgan fingerprint density at radius 3 is 2.59 bits per heavy atom. The van der Waals surface area contributed by atoms with Crippen LogP contribution in [0.1, 0.15) is 36.2 Å². The molecule has 0 atom stereocenters. The highest BCUT2D eigenvalue weighted by atomic mass is 35.5. The first kappa shape index (κ1) is 11.0. The molecule has 0 saturated heterocycles. The van der Waals surface area contributed by atoms with Crippen molar-refractivity contribution in [1.82, 2.24) is 15.1 Å². The van der Waals surface area contributed by atoms with Gasteiger partial charge in [0.05, 0.1) is 0 Å². The van der Waals surface area contributed by atoms with Gasteiger partial charge in [-0.15, -0.1) is 10.2 Å². The Bertz CT molecular complexity index is 426. The molecule has 17 heavy (non-hydrogen) atoms. The predicted octanol–water partition coefficient (Wildman–Crippen LogP) is 2.14. The van der Waals surface area contributed by atoms with E-state index in [0.29, 0.717) is 22.8 Å². The maximum absolute atomic E-state index is 12.3. The second kappa shape index (κ2) is 4.26. The SMILES string of the molecule is O=C(c1ccc(Cl)nn1)N(CC1CC1)C1CC1. The van der Waals surface area contributed by atoms with Gasteiger partial charge in [-0.25, -0.2) is 0 Å². The molecule has 2 aliphatic rings. The Kier molecular flexibility index (Phi) is 2.74. The molecule has 5 heteroatoms. The minimum atomic E-state index is 0.00330. The first-order chi connectivity index (χ1) is 8.24. The van der Waals surface area contributed by atoms with Gasteiger partial charge in [0.15, 0.2) is 10.8 Å². The van der Waals surface area contributed by atoms with Gasteiger partial charge in [0.25, 0.3) is 5.91 Å². The average molecular weight is 252 g/mol. The van der Waals surface area contributed by atoms with Gasteiger partial charge in [-0.2, -0.15) is 0 Å². The quantitative estimate of drug-likeness (QED) is 0.824. The second-order valence-electron chi connectivity index (χ2n) is 4.87. The van der Waals surface area contributed by atoms with E-state index in [1.807, 2.05) is 4.90 Å². The van der Waals surface area contributed by atoms with Crippen LogP contribution in [0.3, 0.4) is 0 Å². The summed E-state index contributed by atoms with van der Waals surface area (Å²) >= 11 is 5.67. The number of nitrogens with zero attached hydrogens (tertiary/aromatic N) is 3. The van der Waals surface area contributed by atoms with Crippen LogP contribution in [0.2, 0.25) is 5.15 Å². The van der Waals surface area contributed by atoms with E-state index in [0.717, 1.165) is 19.4 Å². The van der Waals surface area contributed by atoms with Crippen LogP contribution in [-0.4, -0.2) is 33.6 Å². The largest absolute Gasteiger partial charge is 0.334 e. The van der Waals surface area contributed by atoms with Crippen molar-refractivity contribution in [3.8, 4) is 0 Å². The van der Waals surface area contributed by atoms with Crippen LogP contribution in [0.4, 0.5) is 0 Å². The molecule has 0 N–H and O–H groups in total. The van der Waals surface area contributed by atoms with E-state index in [-0.39, 0.29) is 5.91 Å². The zero-order valence-corrected chi connectivity index (χ0v) is 10.2. The van der Waals surface area contributed by atoms with Gasteiger partial charge in [0.1, 0.15) is 0 Å². The smallest absolute Gasteiger partial charge is 0.274 e. The zero-order valence-electron chi connectivity index (χ0n) is 9.47. The molecule has 2 fully saturated rings. The van der Waals surface area contributed by atoms with Crippen LogP contribution >= 0.6 is 11.6 Å². The standard InChI is InChI=1S/C12H14ClN3O/c13-11-6-5-10(14-15-11)12(17)16(9-3-4-9)7-8-1-2-8/h5-6,8-9H,1-4,7H2. The molecule has 1 heterocycles. The maximum atomic E-state index is 12.3. The van der Waals surface area contributed by atoms with Crippen LogP contribution in [0.25, 0.3) is 0 Å². The molecule has 0 radical (unpaired) electrons. The Balaban J connectivity index is 1.75. The topological polar surface area (TPSA) is 46.1 Å². The number of hydrogen-bond acceptors (Lipinski definition) is 3. The summed E-state index contributed by atoms with van der Waals surface area (Å²) in [6.45, 7) is 0.883. The number of carbonyl (C=O) groups is 1. The molecule has 1 aromatic rings. The van der Waals surface area contributed by atoms with E-state index in [4.69, 9.17) is 11.6 Å². The third-order valence-corrected chi connectivity index (χ3v) is 3.45. The molecule has 4 nitrogen and oxygen atoms in total.